The molecule has 2 rings (SSSR count). The van der Waals surface area contributed by atoms with Crippen LogP contribution in [0.3, 0.4) is 0 Å². The molecule has 0 amide bonds. The van der Waals surface area contributed by atoms with Crippen LogP contribution in [0.25, 0.3) is 0 Å². The van der Waals surface area contributed by atoms with Gasteiger partial charge in [-0.2, -0.15) is 0 Å². The zero-order valence-corrected chi connectivity index (χ0v) is 10.4. The fourth-order valence-electron chi connectivity index (χ4n) is 3.58. The highest BCUT2D eigenvalue weighted by Crippen LogP contribution is 2.47. The van der Waals surface area contributed by atoms with Crippen molar-refractivity contribution in [3.63, 3.8) is 0 Å². The molecular formula is C15H22O. The Morgan fingerprint density at radius 2 is 2.19 bits per heavy atom. The van der Waals surface area contributed by atoms with Crippen LogP contribution in [0.2, 0.25) is 0 Å². The van der Waals surface area contributed by atoms with Crippen molar-refractivity contribution >= 4 is 6.29 Å². The van der Waals surface area contributed by atoms with E-state index in [0.717, 1.165) is 30.1 Å². The molecule has 0 bridgehead atoms. The smallest absolute Gasteiger partial charge is 0.145 e. The van der Waals surface area contributed by atoms with E-state index in [1.165, 1.54) is 24.8 Å². The van der Waals surface area contributed by atoms with Crippen LogP contribution in [0, 0.1) is 23.7 Å². The highest BCUT2D eigenvalue weighted by atomic mass is 16.1. The molecule has 0 radical (unpaired) electrons. The summed E-state index contributed by atoms with van der Waals surface area (Å²) in [6.45, 7) is 8.63. The zero-order chi connectivity index (χ0) is 11.7. The molecule has 0 spiro atoms. The molecule has 0 N–H and O–H groups in total. The van der Waals surface area contributed by atoms with Crippen molar-refractivity contribution in [2.45, 2.75) is 39.5 Å². The van der Waals surface area contributed by atoms with Gasteiger partial charge in [0.2, 0.25) is 0 Å². The molecule has 1 saturated carbocycles. The summed E-state index contributed by atoms with van der Waals surface area (Å²) in [6.07, 6.45) is 8.04. The van der Waals surface area contributed by atoms with Crippen molar-refractivity contribution in [3.05, 3.63) is 23.8 Å². The Morgan fingerprint density at radius 3 is 2.81 bits per heavy atom. The van der Waals surface area contributed by atoms with Gasteiger partial charge in [0.25, 0.3) is 0 Å². The maximum Gasteiger partial charge on any atom is 0.145 e. The predicted molar refractivity (Wildman–Crippen MR) is 67.1 cm³/mol. The third-order valence-electron chi connectivity index (χ3n) is 4.58. The van der Waals surface area contributed by atoms with E-state index >= 15 is 0 Å². The van der Waals surface area contributed by atoms with Crippen LogP contribution in [-0.4, -0.2) is 6.29 Å². The van der Waals surface area contributed by atoms with Gasteiger partial charge < -0.3 is 0 Å². The Morgan fingerprint density at radius 1 is 1.44 bits per heavy atom. The Balaban J connectivity index is 2.27. The maximum atomic E-state index is 10.9. The van der Waals surface area contributed by atoms with Crippen molar-refractivity contribution in [2.75, 3.05) is 0 Å². The van der Waals surface area contributed by atoms with Crippen LogP contribution in [0.5, 0.6) is 0 Å². The quantitative estimate of drug-likeness (QED) is 0.509. The molecule has 4 unspecified atom stereocenters. The molecule has 88 valence electrons. The molecule has 0 saturated heterocycles. The number of fused-ring (bicyclic) bond motifs is 1. The van der Waals surface area contributed by atoms with Gasteiger partial charge in [0, 0.05) is 0 Å². The zero-order valence-electron chi connectivity index (χ0n) is 10.4. The molecule has 0 aromatic rings. The number of hydrogen-bond acceptors (Lipinski definition) is 1. The van der Waals surface area contributed by atoms with Crippen molar-refractivity contribution in [2.24, 2.45) is 23.7 Å². The van der Waals surface area contributed by atoms with Gasteiger partial charge in [-0.05, 0) is 61.9 Å². The summed E-state index contributed by atoms with van der Waals surface area (Å²) in [4.78, 5) is 10.9. The lowest BCUT2D eigenvalue weighted by atomic mass is 9.61. The second-order valence-corrected chi connectivity index (χ2v) is 5.65. The third kappa shape index (κ3) is 2.00. The van der Waals surface area contributed by atoms with E-state index in [1.807, 2.05) is 0 Å². The van der Waals surface area contributed by atoms with Gasteiger partial charge in [0.15, 0.2) is 0 Å². The molecule has 16 heavy (non-hydrogen) atoms. The summed E-state index contributed by atoms with van der Waals surface area (Å²) in [7, 11) is 0. The highest BCUT2D eigenvalue weighted by Gasteiger charge is 2.38. The van der Waals surface area contributed by atoms with Gasteiger partial charge in [-0.3, -0.25) is 4.79 Å². The van der Waals surface area contributed by atoms with E-state index in [0.29, 0.717) is 11.8 Å². The fraction of sp³-hybridized carbons (Fsp3) is 0.667. The molecule has 0 heterocycles. The Bertz CT molecular complexity index is 326. The van der Waals surface area contributed by atoms with Crippen LogP contribution in [0.4, 0.5) is 0 Å². The highest BCUT2D eigenvalue weighted by molar-refractivity contribution is 5.73. The van der Waals surface area contributed by atoms with Gasteiger partial charge in [-0.25, -0.2) is 0 Å². The molecule has 1 fully saturated rings. The first-order chi connectivity index (χ1) is 7.63. The Labute approximate surface area is 98.6 Å². The van der Waals surface area contributed by atoms with E-state index in [2.05, 4.69) is 26.5 Å². The average molecular weight is 218 g/mol. The van der Waals surface area contributed by atoms with Crippen molar-refractivity contribution < 1.29 is 4.79 Å². The summed E-state index contributed by atoms with van der Waals surface area (Å²) < 4.78 is 0. The summed E-state index contributed by atoms with van der Waals surface area (Å²) >= 11 is 0. The summed E-state index contributed by atoms with van der Waals surface area (Å²) in [5, 5.41) is 0. The molecule has 4 atom stereocenters. The van der Waals surface area contributed by atoms with Crippen molar-refractivity contribution in [1.29, 1.82) is 0 Å². The molecule has 2 aliphatic carbocycles. The fourth-order valence-corrected chi connectivity index (χ4v) is 3.58. The number of aldehydes is 1. The van der Waals surface area contributed by atoms with E-state index in [-0.39, 0.29) is 0 Å². The third-order valence-corrected chi connectivity index (χ3v) is 4.58. The monoisotopic (exact) mass is 218 g/mol. The van der Waals surface area contributed by atoms with Crippen LogP contribution in [0.15, 0.2) is 23.8 Å². The lowest BCUT2D eigenvalue weighted by molar-refractivity contribution is -0.105. The number of hydrogen-bond donors (Lipinski definition) is 0. The first kappa shape index (κ1) is 11.6. The Kier molecular flexibility index (Phi) is 3.32. The second-order valence-electron chi connectivity index (χ2n) is 5.65. The maximum absolute atomic E-state index is 10.9. The van der Waals surface area contributed by atoms with Gasteiger partial charge in [0.05, 0.1) is 0 Å². The van der Waals surface area contributed by atoms with Gasteiger partial charge in [-0.1, -0.05) is 25.2 Å². The SMILES string of the molecule is C=C(C)C1CCC(C)C2CCC(C=O)=CC12. The van der Waals surface area contributed by atoms with Gasteiger partial charge in [-0.15, -0.1) is 0 Å². The number of rotatable bonds is 2. The van der Waals surface area contributed by atoms with E-state index < -0.39 is 0 Å². The standard InChI is InChI=1S/C15H22O/c1-10(2)13-6-4-11(3)14-7-5-12(9-16)8-15(13)14/h8-9,11,13-15H,1,4-7H2,2-3H3. The van der Waals surface area contributed by atoms with Crippen LogP contribution in [0.1, 0.15) is 39.5 Å². The summed E-state index contributed by atoms with van der Waals surface area (Å²) in [5.74, 6) is 2.77. The van der Waals surface area contributed by atoms with Crippen molar-refractivity contribution in [3.8, 4) is 0 Å². The van der Waals surface area contributed by atoms with E-state index in [9.17, 15) is 4.79 Å². The molecule has 1 heteroatoms. The van der Waals surface area contributed by atoms with E-state index in [1.54, 1.807) is 0 Å². The first-order valence-electron chi connectivity index (χ1n) is 6.44. The van der Waals surface area contributed by atoms with Crippen LogP contribution >= 0.6 is 0 Å². The van der Waals surface area contributed by atoms with E-state index in [4.69, 9.17) is 0 Å². The van der Waals surface area contributed by atoms with Gasteiger partial charge in [0.1, 0.15) is 6.29 Å². The minimum atomic E-state index is 0.579. The molecule has 0 aromatic carbocycles. The molecule has 2 aliphatic rings. The first-order valence-corrected chi connectivity index (χ1v) is 6.44. The number of carbonyl (C=O) groups excluding carboxylic acids is 1. The molecule has 1 nitrogen and oxygen atoms in total. The van der Waals surface area contributed by atoms with Gasteiger partial charge >= 0.3 is 0 Å². The Hall–Kier alpha value is -0.850. The minimum Gasteiger partial charge on any atom is -0.298 e. The average Bonchev–Trinajstić information content (AvgIpc) is 2.28. The summed E-state index contributed by atoms with van der Waals surface area (Å²) in [5.41, 5.74) is 2.31. The largest absolute Gasteiger partial charge is 0.298 e. The second kappa shape index (κ2) is 4.57. The molecule has 0 aromatic heterocycles. The molecule has 0 aliphatic heterocycles. The van der Waals surface area contributed by atoms with Crippen molar-refractivity contribution in [1.82, 2.24) is 0 Å². The predicted octanol–water partition coefficient (Wildman–Crippen LogP) is 3.76. The number of carbonyl (C=O) groups is 1. The lowest BCUT2D eigenvalue weighted by Crippen LogP contribution is -2.35. The number of allylic oxidation sites excluding steroid dienone is 3. The molecular weight excluding hydrogens is 196 g/mol. The lowest BCUT2D eigenvalue weighted by Gasteiger charge is -2.43. The summed E-state index contributed by atoms with van der Waals surface area (Å²) in [6, 6.07) is 0. The minimum absolute atomic E-state index is 0.579. The van der Waals surface area contributed by atoms with Crippen LogP contribution in [-0.2, 0) is 4.79 Å². The topological polar surface area (TPSA) is 17.1 Å². The van der Waals surface area contributed by atoms with Crippen LogP contribution < -0.4 is 0 Å². The normalized spacial score (nSPS) is 38.5.